The predicted octanol–water partition coefficient (Wildman–Crippen LogP) is 4.84. The number of ketones is 1. The number of fused-ring (bicyclic) bond motifs is 3. The van der Waals surface area contributed by atoms with Gasteiger partial charge in [0.15, 0.2) is 5.78 Å². The summed E-state index contributed by atoms with van der Waals surface area (Å²) in [4.78, 5) is 15.4. The van der Waals surface area contributed by atoms with Crippen molar-refractivity contribution in [3.8, 4) is 5.75 Å². The van der Waals surface area contributed by atoms with Crippen molar-refractivity contribution in [2.75, 3.05) is 21.2 Å². The standard InChI is InChI=1S/C22H18ClNO2/c1-24(2)13-10-18-15-6-4-5-7-16(15)22(25)21(19(18)11-13)17-9-8-14(26-3)12-20(17)23/h4-12H,1-3H3. The van der Waals surface area contributed by atoms with Crippen LogP contribution >= 0.6 is 11.6 Å². The van der Waals surface area contributed by atoms with Gasteiger partial charge in [-0.15, -0.1) is 0 Å². The molecule has 0 spiro atoms. The molecule has 2 aromatic rings. The zero-order valence-electron chi connectivity index (χ0n) is 14.8. The maximum atomic E-state index is 13.3. The molecule has 4 heteroatoms. The molecule has 0 N–H and O–H groups in total. The number of Topliss-reactive ketones (excluding diaryl/α,β-unsaturated/α-hetero) is 1. The Morgan fingerprint density at radius 3 is 2.35 bits per heavy atom. The number of carbonyl (C=O) groups is 1. The van der Waals surface area contributed by atoms with Crippen molar-refractivity contribution < 1.29 is 9.53 Å². The molecule has 0 unspecified atom stereocenters. The Morgan fingerprint density at radius 1 is 0.962 bits per heavy atom. The lowest BCUT2D eigenvalue weighted by Crippen LogP contribution is -2.14. The van der Waals surface area contributed by atoms with Gasteiger partial charge in [-0.3, -0.25) is 4.79 Å². The lowest BCUT2D eigenvalue weighted by molar-refractivity contribution is 0.105. The van der Waals surface area contributed by atoms with E-state index in [-0.39, 0.29) is 5.78 Å². The van der Waals surface area contributed by atoms with Gasteiger partial charge in [0.2, 0.25) is 0 Å². The van der Waals surface area contributed by atoms with Gasteiger partial charge in [-0.05, 0) is 47.1 Å². The average molecular weight is 364 g/mol. The highest BCUT2D eigenvalue weighted by molar-refractivity contribution is 6.40. The zero-order valence-corrected chi connectivity index (χ0v) is 15.6. The van der Waals surface area contributed by atoms with E-state index in [9.17, 15) is 4.79 Å². The van der Waals surface area contributed by atoms with Crippen LogP contribution in [-0.2, 0) is 0 Å². The maximum absolute atomic E-state index is 13.3. The molecule has 2 aliphatic carbocycles. The molecule has 0 saturated carbocycles. The number of halogens is 1. The number of rotatable bonds is 3. The molecule has 0 aromatic heterocycles. The third-order valence-corrected chi connectivity index (χ3v) is 5.11. The Balaban J connectivity index is 2.00. The van der Waals surface area contributed by atoms with Crippen molar-refractivity contribution in [3.05, 3.63) is 87.6 Å². The van der Waals surface area contributed by atoms with Gasteiger partial charge < -0.3 is 9.64 Å². The van der Waals surface area contributed by atoms with Crippen LogP contribution in [0.1, 0.15) is 21.5 Å². The van der Waals surface area contributed by atoms with Gasteiger partial charge in [0.05, 0.1) is 12.1 Å². The van der Waals surface area contributed by atoms with Crippen molar-refractivity contribution >= 4 is 28.5 Å². The second-order valence-electron chi connectivity index (χ2n) is 6.53. The summed E-state index contributed by atoms with van der Waals surface area (Å²) >= 11 is 6.51. The topological polar surface area (TPSA) is 29.5 Å². The van der Waals surface area contributed by atoms with Gasteiger partial charge in [0.25, 0.3) is 0 Å². The minimum Gasteiger partial charge on any atom is -0.497 e. The summed E-state index contributed by atoms with van der Waals surface area (Å²) < 4.78 is 5.24. The fourth-order valence-electron chi connectivity index (χ4n) is 3.45. The molecule has 2 aliphatic rings. The SMILES string of the molecule is COc1ccc(C2=C3C=C(N(C)C)C=C3c3ccccc3C2=O)c(Cl)c1. The number of hydrogen-bond acceptors (Lipinski definition) is 3. The fraction of sp³-hybridized carbons (Fsp3) is 0.136. The molecule has 130 valence electrons. The number of methoxy groups -OCH3 is 1. The highest BCUT2D eigenvalue weighted by Gasteiger charge is 2.32. The summed E-state index contributed by atoms with van der Waals surface area (Å²) in [6, 6.07) is 13.2. The normalized spacial score (nSPS) is 15.3. The first kappa shape index (κ1) is 16.7. The van der Waals surface area contributed by atoms with E-state index in [2.05, 4.69) is 12.2 Å². The van der Waals surface area contributed by atoms with Crippen LogP contribution in [0.25, 0.3) is 11.1 Å². The second-order valence-corrected chi connectivity index (χ2v) is 6.94. The van der Waals surface area contributed by atoms with Crippen LogP contribution in [0.4, 0.5) is 0 Å². The predicted molar refractivity (Wildman–Crippen MR) is 105 cm³/mol. The van der Waals surface area contributed by atoms with E-state index in [1.54, 1.807) is 13.2 Å². The molecular weight excluding hydrogens is 346 g/mol. The van der Waals surface area contributed by atoms with E-state index in [1.165, 1.54) is 0 Å². The van der Waals surface area contributed by atoms with Crippen molar-refractivity contribution in [1.82, 2.24) is 4.90 Å². The average Bonchev–Trinajstić information content (AvgIpc) is 3.08. The molecule has 0 heterocycles. The van der Waals surface area contributed by atoms with Crippen molar-refractivity contribution in [2.45, 2.75) is 0 Å². The Labute approximate surface area is 157 Å². The molecule has 0 bridgehead atoms. The molecule has 0 aliphatic heterocycles. The number of likely N-dealkylation sites (N-methyl/N-ethyl adjacent to an activating group) is 1. The van der Waals surface area contributed by atoms with Gasteiger partial charge in [-0.25, -0.2) is 0 Å². The second kappa shape index (κ2) is 6.19. The monoisotopic (exact) mass is 363 g/mol. The third-order valence-electron chi connectivity index (χ3n) is 4.79. The highest BCUT2D eigenvalue weighted by Crippen LogP contribution is 2.45. The van der Waals surface area contributed by atoms with E-state index in [0.29, 0.717) is 21.9 Å². The highest BCUT2D eigenvalue weighted by atomic mass is 35.5. The first-order valence-corrected chi connectivity index (χ1v) is 8.72. The number of hydrogen-bond donors (Lipinski definition) is 0. The van der Waals surface area contributed by atoms with Crippen LogP contribution in [0.2, 0.25) is 5.02 Å². The maximum Gasteiger partial charge on any atom is 0.194 e. The van der Waals surface area contributed by atoms with Gasteiger partial charge >= 0.3 is 0 Å². The molecule has 0 saturated heterocycles. The number of ether oxygens (including phenoxy) is 1. The quantitative estimate of drug-likeness (QED) is 0.781. The number of nitrogens with zero attached hydrogens (tertiary/aromatic N) is 1. The van der Waals surface area contributed by atoms with Crippen LogP contribution < -0.4 is 4.74 Å². The molecule has 3 nitrogen and oxygen atoms in total. The zero-order chi connectivity index (χ0) is 18.4. The summed E-state index contributed by atoms with van der Waals surface area (Å²) in [5.41, 5.74) is 6.08. The van der Waals surface area contributed by atoms with Crippen molar-refractivity contribution in [2.24, 2.45) is 0 Å². The summed E-state index contributed by atoms with van der Waals surface area (Å²) in [6.45, 7) is 0. The van der Waals surface area contributed by atoms with Crippen molar-refractivity contribution in [3.63, 3.8) is 0 Å². The van der Waals surface area contributed by atoms with Crippen LogP contribution in [0.5, 0.6) is 5.75 Å². The van der Waals surface area contributed by atoms with Crippen LogP contribution in [0.3, 0.4) is 0 Å². The van der Waals surface area contributed by atoms with E-state index >= 15 is 0 Å². The van der Waals surface area contributed by atoms with Gasteiger partial charge in [-0.2, -0.15) is 0 Å². The fourth-order valence-corrected chi connectivity index (χ4v) is 3.71. The lowest BCUT2D eigenvalue weighted by Gasteiger charge is -2.22. The Kier molecular flexibility index (Phi) is 3.97. The molecular formula is C22H18ClNO2. The largest absolute Gasteiger partial charge is 0.497 e. The molecule has 26 heavy (non-hydrogen) atoms. The van der Waals surface area contributed by atoms with Gasteiger partial charge in [0, 0.05) is 36.5 Å². The number of carbonyl (C=O) groups excluding carboxylic acids is 1. The minimum atomic E-state index is -0.00364. The van der Waals surface area contributed by atoms with E-state index in [0.717, 1.165) is 28.0 Å². The number of benzene rings is 2. The first-order valence-electron chi connectivity index (χ1n) is 8.34. The van der Waals surface area contributed by atoms with Gasteiger partial charge in [0.1, 0.15) is 5.75 Å². The molecule has 0 fully saturated rings. The lowest BCUT2D eigenvalue weighted by atomic mass is 9.80. The van der Waals surface area contributed by atoms with E-state index < -0.39 is 0 Å². The molecule has 0 amide bonds. The summed E-state index contributed by atoms with van der Waals surface area (Å²) in [5.74, 6) is 0.663. The van der Waals surface area contributed by atoms with Gasteiger partial charge in [-0.1, -0.05) is 35.9 Å². The first-order chi connectivity index (χ1) is 12.5. The third kappa shape index (κ3) is 2.47. The Morgan fingerprint density at radius 2 is 1.69 bits per heavy atom. The molecule has 0 radical (unpaired) electrons. The Bertz CT molecular complexity index is 1030. The Hall–Kier alpha value is -2.78. The van der Waals surface area contributed by atoms with E-state index in [1.807, 2.05) is 55.4 Å². The van der Waals surface area contributed by atoms with Crippen LogP contribution in [0.15, 0.2) is 65.9 Å². The summed E-state index contributed by atoms with van der Waals surface area (Å²) in [7, 11) is 5.59. The summed E-state index contributed by atoms with van der Waals surface area (Å²) in [5, 5.41) is 0.505. The minimum absolute atomic E-state index is 0.00364. The van der Waals surface area contributed by atoms with Crippen LogP contribution in [-0.4, -0.2) is 31.9 Å². The number of allylic oxidation sites excluding steroid dienone is 5. The summed E-state index contributed by atoms with van der Waals surface area (Å²) in [6.07, 6.45) is 4.18. The van der Waals surface area contributed by atoms with Crippen molar-refractivity contribution in [1.29, 1.82) is 0 Å². The molecule has 2 aromatic carbocycles. The molecule has 4 rings (SSSR count). The smallest absolute Gasteiger partial charge is 0.194 e. The van der Waals surface area contributed by atoms with E-state index in [4.69, 9.17) is 16.3 Å². The van der Waals surface area contributed by atoms with Crippen LogP contribution in [0, 0.1) is 0 Å². The molecule has 0 atom stereocenters.